The van der Waals surface area contributed by atoms with Gasteiger partial charge in [0, 0.05) is 30.3 Å². The number of ether oxygens (including phenoxy) is 1. The fourth-order valence-corrected chi connectivity index (χ4v) is 3.84. The highest BCUT2D eigenvalue weighted by Gasteiger charge is 2.40. The van der Waals surface area contributed by atoms with Crippen molar-refractivity contribution in [2.24, 2.45) is 0 Å². The molecule has 0 spiro atoms. The molecule has 2 atom stereocenters. The van der Waals surface area contributed by atoms with Crippen molar-refractivity contribution in [3.8, 4) is 5.75 Å². The number of piperidine rings is 1. The minimum absolute atomic E-state index is 0.0427. The largest absolute Gasteiger partial charge is 0.486 e. The van der Waals surface area contributed by atoms with E-state index in [-0.39, 0.29) is 12.5 Å². The quantitative estimate of drug-likeness (QED) is 0.775. The predicted octanol–water partition coefficient (Wildman–Crippen LogP) is 3.91. The fourth-order valence-electron chi connectivity index (χ4n) is 3.66. The first-order valence-electron chi connectivity index (χ1n) is 10.0. The van der Waals surface area contributed by atoms with Gasteiger partial charge >= 0.3 is 0 Å². The lowest BCUT2D eigenvalue weighted by Gasteiger charge is -2.42. The average molecular weight is 417 g/mol. The van der Waals surface area contributed by atoms with Gasteiger partial charge in [0.1, 0.15) is 17.5 Å². The number of likely N-dealkylation sites (N-methyl/N-ethyl adjacent to an activating group) is 1. The third-order valence-corrected chi connectivity index (χ3v) is 5.65. The second kappa shape index (κ2) is 9.16. The Bertz CT molecular complexity index is 856. The highest BCUT2D eigenvalue weighted by molar-refractivity contribution is 6.30. The summed E-state index contributed by atoms with van der Waals surface area (Å²) < 4.78 is 6.05. The molecule has 2 aromatic rings. The van der Waals surface area contributed by atoms with E-state index < -0.39 is 11.7 Å². The molecule has 156 valence electrons. The molecule has 1 heterocycles. The number of benzene rings is 2. The molecule has 1 aliphatic rings. The molecule has 1 aliphatic heterocycles. The van der Waals surface area contributed by atoms with E-state index in [1.54, 1.807) is 24.0 Å². The number of likely N-dealkylation sites (tertiary alicyclic amines) is 1. The zero-order valence-electron chi connectivity index (χ0n) is 17.3. The van der Waals surface area contributed by atoms with Crippen molar-refractivity contribution in [3.63, 3.8) is 0 Å². The number of nitrogens with zero attached hydrogens (tertiary/aromatic N) is 2. The van der Waals surface area contributed by atoms with E-state index in [0.717, 1.165) is 11.3 Å². The van der Waals surface area contributed by atoms with Crippen LogP contribution in [0.15, 0.2) is 48.5 Å². The molecule has 1 N–H and O–H groups in total. The molecule has 1 saturated heterocycles. The summed E-state index contributed by atoms with van der Waals surface area (Å²) in [6, 6.07) is 15.1. The standard InChI is InChI=1S/C23H29ClN2O3/c1-4-26(19-9-5-7-17(2)13-19)22(27)16-25-12-11-23(3,28)21(15-25)29-20-10-6-8-18(24)14-20/h5-10,13-14,21,28H,4,11-12,15-16H2,1-3H3/t21-,23-/m0/s1. The van der Waals surface area contributed by atoms with Crippen LogP contribution in [0, 0.1) is 6.92 Å². The summed E-state index contributed by atoms with van der Waals surface area (Å²) >= 11 is 6.05. The monoisotopic (exact) mass is 416 g/mol. The van der Waals surface area contributed by atoms with Gasteiger partial charge in [0.05, 0.1) is 6.54 Å². The van der Waals surface area contributed by atoms with Crippen LogP contribution in [0.1, 0.15) is 25.8 Å². The van der Waals surface area contributed by atoms with Crippen LogP contribution in [0.5, 0.6) is 5.75 Å². The highest BCUT2D eigenvalue weighted by atomic mass is 35.5. The molecule has 0 radical (unpaired) electrons. The van der Waals surface area contributed by atoms with Crippen molar-refractivity contribution >= 4 is 23.2 Å². The second-order valence-corrected chi connectivity index (χ2v) is 8.32. The Morgan fingerprint density at radius 3 is 2.76 bits per heavy atom. The number of carbonyl (C=O) groups is 1. The first-order valence-corrected chi connectivity index (χ1v) is 10.4. The number of hydrogen-bond acceptors (Lipinski definition) is 4. The minimum atomic E-state index is -0.969. The zero-order valence-corrected chi connectivity index (χ0v) is 18.0. The SMILES string of the molecule is CCN(C(=O)CN1CC[C@](C)(O)[C@@H](Oc2cccc(Cl)c2)C1)c1cccc(C)c1. The van der Waals surface area contributed by atoms with Gasteiger partial charge in [0.25, 0.3) is 0 Å². The molecular formula is C23H29ClN2O3. The van der Waals surface area contributed by atoms with Gasteiger partial charge in [-0.1, -0.05) is 29.8 Å². The molecule has 0 aromatic heterocycles. The Balaban J connectivity index is 1.68. The number of halogens is 1. The number of amides is 1. The van der Waals surface area contributed by atoms with Crippen molar-refractivity contribution in [1.29, 1.82) is 0 Å². The molecule has 2 aromatic carbocycles. The van der Waals surface area contributed by atoms with E-state index in [4.69, 9.17) is 16.3 Å². The summed E-state index contributed by atoms with van der Waals surface area (Å²) in [6.07, 6.45) is 0.0822. The van der Waals surface area contributed by atoms with Gasteiger partial charge < -0.3 is 14.7 Å². The number of anilines is 1. The molecule has 0 aliphatic carbocycles. The number of carbonyl (C=O) groups excluding carboxylic acids is 1. The van der Waals surface area contributed by atoms with E-state index in [2.05, 4.69) is 0 Å². The maximum Gasteiger partial charge on any atom is 0.241 e. The number of rotatable bonds is 6. The van der Waals surface area contributed by atoms with E-state index in [1.165, 1.54) is 0 Å². The zero-order chi connectivity index (χ0) is 21.0. The van der Waals surface area contributed by atoms with Crippen LogP contribution in [-0.4, -0.2) is 53.8 Å². The van der Waals surface area contributed by atoms with Crippen molar-refractivity contribution in [1.82, 2.24) is 4.90 Å². The van der Waals surface area contributed by atoms with Gasteiger partial charge in [-0.2, -0.15) is 0 Å². The molecule has 1 amide bonds. The Hall–Kier alpha value is -2.08. The van der Waals surface area contributed by atoms with E-state index in [9.17, 15) is 9.90 Å². The van der Waals surface area contributed by atoms with Crippen LogP contribution < -0.4 is 9.64 Å². The summed E-state index contributed by atoms with van der Waals surface area (Å²) in [5.74, 6) is 0.659. The van der Waals surface area contributed by atoms with Crippen molar-refractivity contribution in [3.05, 3.63) is 59.1 Å². The molecule has 3 rings (SSSR count). The van der Waals surface area contributed by atoms with Crippen molar-refractivity contribution in [2.75, 3.05) is 31.1 Å². The average Bonchev–Trinajstić information content (AvgIpc) is 2.65. The summed E-state index contributed by atoms with van der Waals surface area (Å²) in [5.41, 5.74) is 1.06. The smallest absolute Gasteiger partial charge is 0.241 e. The minimum Gasteiger partial charge on any atom is -0.486 e. The Morgan fingerprint density at radius 1 is 1.31 bits per heavy atom. The van der Waals surface area contributed by atoms with Gasteiger partial charge in [-0.05, 0) is 63.1 Å². The number of aryl methyl sites for hydroxylation is 1. The fraction of sp³-hybridized carbons (Fsp3) is 0.435. The van der Waals surface area contributed by atoms with Crippen LogP contribution in [0.4, 0.5) is 5.69 Å². The lowest BCUT2D eigenvalue weighted by atomic mass is 9.90. The molecule has 29 heavy (non-hydrogen) atoms. The maximum absolute atomic E-state index is 13.0. The third-order valence-electron chi connectivity index (χ3n) is 5.42. The second-order valence-electron chi connectivity index (χ2n) is 7.88. The first kappa shape index (κ1) is 21.6. The molecule has 0 unspecified atom stereocenters. The van der Waals surface area contributed by atoms with Gasteiger partial charge in [0.2, 0.25) is 5.91 Å². The van der Waals surface area contributed by atoms with Crippen LogP contribution in [0.3, 0.4) is 0 Å². The van der Waals surface area contributed by atoms with Crippen LogP contribution in [-0.2, 0) is 4.79 Å². The van der Waals surface area contributed by atoms with E-state index in [1.807, 2.05) is 55.1 Å². The van der Waals surface area contributed by atoms with Crippen molar-refractivity contribution < 1.29 is 14.6 Å². The summed E-state index contributed by atoms with van der Waals surface area (Å²) in [4.78, 5) is 16.8. The molecule has 5 nitrogen and oxygen atoms in total. The van der Waals surface area contributed by atoms with E-state index in [0.29, 0.717) is 36.8 Å². The Kier molecular flexibility index (Phi) is 6.83. The summed E-state index contributed by atoms with van der Waals surface area (Å²) in [7, 11) is 0. The lowest BCUT2D eigenvalue weighted by Crippen LogP contribution is -2.58. The Morgan fingerprint density at radius 2 is 2.07 bits per heavy atom. The number of aliphatic hydroxyl groups is 1. The topological polar surface area (TPSA) is 53.0 Å². The molecule has 0 saturated carbocycles. The predicted molar refractivity (Wildman–Crippen MR) is 117 cm³/mol. The third kappa shape index (κ3) is 5.50. The van der Waals surface area contributed by atoms with Gasteiger partial charge in [0.15, 0.2) is 0 Å². The van der Waals surface area contributed by atoms with Crippen LogP contribution in [0.25, 0.3) is 0 Å². The molecule has 1 fully saturated rings. The molecule has 0 bridgehead atoms. The summed E-state index contributed by atoms with van der Waals surface area (Å²) in [5, 5.41) is 11.4. The normalized spacial score (nSPS) is 22.3. The van der Waals surface area contributed by atoms with E-state index >= 15 is 0 Å². The molecular weight excluding hydrogens is 388 g/mol. The highest BCUT2D eigenvalue weighted by Crippen LogP contribution is 2.28. The summed E-state index contributed by atoms with van der Waals surface area (Å²) in [6.45, 7) is 7.78. The number of hydrogen-bond donors (Lipinski definition) is 1. The van der Waals surface area contributed by atoms with Crippen LogP contribution in [0.2, 0.25) is 5.02 Å². The lowest BCUT2D eigenvalue weighted by molar-refractivity contribution is -0.125. The molecule has 6 heteroatoms. The van der Waals surface area contributed by atoms with Crippen LogP contribution >= 0.6 is 11.6 Å². The van der Waals surface area contributed by atoms with Gasteiger partial charge in [-0.25, -0.2) is 0 Å². The Labute approximate surface area is 177 Å². The van der Waals surface area contributed by atoms with Gasteiger partial charge in [-0.15, -0.1) is 0 Å². The first-order chi connectivity index (χ1) is 13.8. The van der Waals surface area contributed by atoms with Gasteiger partial charge in [-0.3, -0.25) is 9.69 Å². The maximum atomic E-state index is 13.0. The van der Waals surface area contributed by atoms with Crippen molar-refractivity contribution in [2.45, 2.75) is 38.9 Å².